The number of anilines is 1. The maximum Gasteiger partial charge on any atom is 0.255 e. The van der Waals surface area contributed by atoms with Crippen LogP contribution in [-0.2, 0) is 11.3 Å². The van der Waals surface area contributed by atoms with Crippen molar-refractivity contribution in [3.05, 3.63) is 100 Å². The van der Waals surface area contributed by atoms with E-state index in [0.717, 1.165) is 43.9 Å². The Balaban J connectivity index is 1.27. The number of piperazine rings is 1. The highest BCUT2D eigenvalue weighted by atomic mass is 35.5. The molecular formula is C31H33ClN4O2. The van der Waals surface area contributed by atoms with Crippen molar-refractivity contribution in [1.29, 1.82) is 5.26 Å². The quantitative estimate of drug-likeness (QED) is 0.385. The van der Waals surface area contributed by atoms with Gasteiger partial charge in [-0.1, -0.05) is 48.0 Å². The third kappa shape index (κ3) is 6.36. The lowest BCUT2D eigenvalue weighted by atomic mass is 10.1. The van der Waals surface area contributed by atoms with Crippen molar-refractivity contribution in [1.82, 2.24) is 9.80 Å². The minimum Gasteiger partial charge on any atom is -0.372 e. The Morgan fingerprint density at radius 2 is 1.66 bits per heavy atom. The zero-order valence-corrected chi connectivity index (χ0v) is 22.3. The molecule has 2 fully saturated rings. The molecule has 0 spiro atoms. The van der Waals surface area contributed by atoms with Crippen LogP contribution in [0.15, 0.2) is 72.8 Å². The van der Waals surface area contributed by atoms with Crippen molar-refractivity contribution in [3.8, 4) is 6.07 Å². The van der Waals surface area contributed by atoms with E-state index in [1.807, 2.05) is 41.3 Å². The Morgan fingerprint density at radius 1 is 0.921 bits per heavy atom. The van der Waals surface area contributed by atoms with E-state index in [9.17, 15) is 4.79 Å². The van der Waals surface area contributed by atoms with Crippen LogP contribution in [0, 0.1) is 11.3 Å². The van der Waals surface area contributed by atoms with E-state index < -0.39 is 0 Å². The minimum atomic E-state index is -0.112. The first-order chi connectivity index (χ1) is 18.6. The van der Waals surface area contributed by atoms with Gasteiger partial charge in [0.05, 0.1) is 34.9 Å². The number of nitriles is 1. The molecule has 2 aliphatic rings. The van der Waals surface area contributed by atoms with Gasteiger partial charge in [-0.05, 0) is 60.4 Å². The molecule has 5 rings (SSSR count). The van der Waals surface area contributed by atoms with Crippen LogP contribution in [0.3, 0.4) is 0 Å². The summed E-state index contributed by atoms with van der Waals surface area (Å²) in [5.41, 5.74) is 4.66. The average molecular weight is 529 g/mol. The van der Waals surface area contributed by atoms with E-state index in [1.165, 1.54) is 18.5 Å². The van der Waals surface area contributed by atoms with Crippen molar-refractivity contribution in [2.45, 2.75) is 25.6 Å². The second-order valence-electron chi connectivity index (χ2n) is 9.97. The van der Waals surface area contributed by atoms with Gasteiger partial charge < -0.3 is 14.5 Å². The van der Waals surface area contributed by atoms with Gasteiger partial charge in [-0.25, -0.2) is 0 Å². The van der Waals surface area contributed by atoms with Crippen LogP contribution in [0.5, 0.6) is 0 Å². The molecule has 0 radical (unpaired) electrons. The highest BCUT2D eigenvalue weighted by Gasteiger charge is 2.26. The van der Waals surface area contributed by atoms with Crippen LogP contribution in [0.1, 0.15) is 46.0 Å². The number of carbonyl (C=O) groups excluding carboxylic acids is 1. The third-order valence-corrected chi connectivity index (χ3v) is 7.76. The number of halogens is 1. The topological polar surface area (TPSA) is 59.8 Å². The molecule has 2 aliphatic heterocycles. The fourth-order valence-electron chi connectivity index (χ4n) is 5.20. The zero-order valence-electron chi connectivity index (χ0n) is 21.6. The summed E-state index contributed by atoms with van der Waals surface area (Å²) in [6.45, 7) is 6.27. The van der Waals surface area contributed by atoms with Gasteiger partial charge >= 0.3 is 0 Å². The van der Waals surface area contributed by atoms with E-state index in [0.29, 0.717) is 35.8 Å². The Hall–Kier alpha value is -3.37. The van der Waals surface area contributed by atoms with Crippen LogP contribution >= 0.6 is 11.6 Å². The van der Waals surface area contributed by atoms with E-state index in [4.69, 9.17) is 21.6 Å². The predicted molar refractivity (Wildman–Crippen MR) is 150 cm³/mol. The maximum atomic E-state index is 13.0. The summed E-state index contributed by atoms with van der Waals surface area (Å²) in [6.07, 6.45) is 2.36. The summed E-state index contributed by atoms with van der Waals surface area (Å²) in [5, 5.41) is 9.60. The van der Waals surface area contributed by atoms with Crippen molar-refractivity contribution < 1.29 is 9.53 Å². The molecule has 196 valence electrons. The number of hydrogen-bond acceptors (Lipinski definition) is 5. The highest BCUT2D eigenvalue weighted by Crippen LogP contribution is 2.28. The van der Waals surface area contributed by atoms with Gasteiger partial charge in [0.15, 0.2) is 0 Å². The summed E-state index contributed by atoms with van der Waals surface area (Å²) < 4.78 is 6.53. The standard InChI is InChI=1S/C31H33ClN4O2/c32-29-9-2-1-8-28(29)31(37)36-18-16-34(17-19-36)22-30(38-23-25-12-10-24(21-33)11-13-25)26-6-5-7-27(20-26)35-14-3-4-15-35/h1-2,5-13,20,30H,3-4,14-19,22-23H2/t30-/m1/s1. The Morgan fingerprint density at radius 3 is 2.37 bits per heavy atom. The lowest BCUT2D eigenvalue weighted by Gasteiger charge is -2.36. The number of benzene rings is 3. The van der Waals surface area contributed by atoms with E-state index >= 15 is 0 Å². The first-order valence-electron chi connectivity index (χ1n) is 13.3. The minimum absolute atomic E-state index is 0.0119. The van der Waals surface area contributed by atoms with Crippen LogP contribution < -0.4 is 4.90 Å². The molecule has 0 bridgehead atoms. The molecule has 0 unspecified atom stereocenters. The largest absolute Gasteiger partial charge is 0.372 e. The van der Waals surface area contributed by atoms with Crippen molar-refractivity contribution >= 4 is 23.2 Å². The van der Waals surface area contributed by atoms with Crippen LogP contribution in [0.25, 0.3) is 0 Å². The Labute approximate surface area is 230 Å². The molecule has 1 atom stereocenters. The molecule has 0 N–H and O–H groups in total. The van der Waals surface area contributed by atoms with Crippen LogP contribution in [-0.4, -0.2) is 61.5 Å². The van der Waals surface area contributed by atoms with Crippen LogP contribution in [0.4, 0.5) is 5.69 Å². The summed E-state index contributed by atoms with van der Waals surface area (Å²) in [5.74, 6) is -0.0119. The SMILES string of the molecule is N#Cc1ccc(CO[C@H](CN2CCN(C(=O)c3ccccc3Cl)CC2)c2cccc(N3CCCC3)c2)cc1. The van der Waals surface area contributed by atoms with Gasteiger partial charge in [-0.15, -0.1) is 0 Å². The summed E-state index contributed by atoms with van der Waals surface area (Å²) in [4.78, 5) is 19.7. The van der Waals surface area contributed by atoms with Gasteiger partial charge in [0, 0.05) is 51.5 Å². The Kier molecular flexibility index (Phi) is 8.60. The molecule has 2 heterocycles. The van der Waals surface area contributed by atoms with Crippen molar-refractivity contribution in [2.24, 2.45) is 0 Å². The molecule has 6 nitrogen and oxygen atoms in total. The van der Waals surface area contributed by atoms with Gasteiger partial charge in [-0.3, -0.25) is 9.69 Å². The summed E-state index contributed by atoms with van der Waals surface area (Å²) in [6, 6.07) is 25.7. The van der Waals surface area contributed by atoms with E-state index in [2.05, 4.69) is 40.1 Å². The fourth-order valence-corrected chi connectivity index (χ4v) is 5.41. The first kappa shape index (κ1) is 26.2. The molecule has 0 aromatic heterocycles. The molecule has 0 saturated carbocycles. The smallest absolute Gasteiger partial charge is 0.255 e. The third-order valence-electron chi connectivity index (χ3n) is 7.44. The number of nitrogens with zero attached hydrogens (tertiary/aromatic N) is 4. The molecule has 3 aromatic carbocycles. The predicted octanol–water partition coefficient (Wildman–Crippen LogP) is 5.53. The van der Waals surface area contributed by atoms with Gasteiger partial charge in [0.2, 0.25) is 0 Å². The zero-order chi connectivity index (χ0) is 26.3. The summed E-state index contributed by atoms with van der Waals surface area (Å²) >= 11 is 6.27. The number of ether oxygens (including phenoxy) is 1. The van der Waals surface area contributed by atoms with E-state index in [1.54, 1.807) is 12.1 Å². The fraction of sp³-hybridized carbons (Fsp3) is 0.355. The number of carbonyl (C=O) groups is 1. The molecule has 7 heteroatoms. The highest BCUT2D eigenvalue weighted by molar-refractivity contribution is 6.33. The second-order valence-corrected chi connectivity index (χ2v) is 10.4. The maximum absolute atomic E-state index is 13.0. The van der Waals surface area contributed by atoms with E-state index in [-0.39, 0.29) is 12.0 Å². The lowest BCUT2D eigenvalue weighted by molar-refractivity contribution is 0.00344. The molecule has 0 aliphatic carbocycles. The van der Waals surface area contributed by atoms with Crippen LogP contribution in [0.2, 0.25) is 5.02 Å². The van der Waals surface area contributed by atoms with Gasteiger partial charge in [-0.2, -0.15) is 5.26 Å². The summed E-state index contributed by atoms with van der Waals surface area (Å²) in [7, 11) is 0. The van der Waals surface area contributed by atoms with Crippen molar-refractivity contribution in [2.75, 3.05) is 50.7 Å². The molecule has 2 saturated heterocycles. The molecule has 38 heavy (non-hydrogen) atoms. The molecule has 3 aromatic rings. The monoisotopic (exact) mass is 528 g/mol. The van der Waals surface area contributed by atoms with Gasteiger partial charge in [0.1, 0.15) is 0 Å². The lowest BCUT2D eigenvalue weighted by Crippen LogP contribution is -2.49. The second kappa shape index (κ2) is 12.4. The number of hydrogen-bond donors (Lipinski definition) is 0. The number of rotatable bonds is 8. The molecule has 1 amide bonds. The average Bonchev–Trinajstić information content (AvgIpc) is 3.51. The van der Waals surface area contributed by atoms with Gasteiger partial charge in [0.25, 0.3) is 5.91 Å². The normalized spacial score (nSPS) is 16.8. The molecular weight excluding hydrogens is 496 g/mol. The van der Waals surface area contributed by atoms with Crippen molar-refractivity contribution in [3.63, 3.8) is 0 Å². The number of amides is 1. The Bertz CT molecular complexity index is 1280. The first-order valence-corrected chi connectivity index (χ1v) is 13.7.